The molecule has 0 saturated carbocycles. The van der Waals surface area contributed by atoms with Gasteiger partial charge in [0.25, 0.3) is 17.0 Å². The standard InChI is InChI=1S/C24H23N5O4/c1-28-23(31)17-9-3-2-8-16(17)21(27-28)24(32)29(13-15-7-6-12-33-15)14-20-25-19-11-5-4-10-18(19)22(30)26-20/h2-5,8-11,15H,6-7,12-14H2,1H3,(H,25,26,30). The summed E-state index contributed by atoms with van der Waals surface area (Å²) in [5.41, 5.74) is 0.208. The molecule has 1 fully saturated rings. The average molecular weight is 445 g/mol. The summed E-state index contributed by atoms with van der Waals surface area (Å²) in [5.74, 6) is 0.0206. The van der Waals surface area contributed by atoms with Crippen molar-refractivity contribution in [2.45, 2.75) is 25.5 Å². The Bertz CT molecular complexity index is 1470. The Kier molecular flexibility index (Phi) is 5.47. The molecule has 1 aliphatic rings. The zero-order valence-electron chi connectivity index (χ0n) is 18.2. The lowest BCUT2D eigenvalue weighted by Gasteiger charge is -2.25. The first kappa shape index (κ1) is 21.0. The number of para-hydroxylation sites is 1. The van der Waals surface area contributed by atoms with Gasteiger partial charge >= 0.3 is 0 Å². The van der Waals surface area contributed by atoms with E-state index in [4.69, 9.17) is 4.74 Å². The van der Waals surface area contributed by atoms with Gasteiger partial charge in [-0.05, 0) is 31.0 Å². The molecule has 1 N–H and O–H groups in total. The summed E-state index contributed by atoms with van der Waals surface area (Å²) in [6.07, 6.45) is 1.66. The van der Waals surface area contributed by atoms with Crippen LogP contribution >= 0.6 is 0 Å². The van der Waals surface area contributed by atoms with E-state index >= 15 is 0 Å². The minimum atomic E-state index is -0.354. The molecular formula is C24H23N5O4. The number of fused-ring (bicyclic) bond motifs is 2. The highest BCUT2D eigenvalue weighted by atomic mass is 16.5. The summed E-state index contributed by atoms with van der Waals surface area (Å²) in [5, 5.41) is 5.69. The van der Waals surface area contributed by atoms with Crippen molar-refractivity contribution >= 4 is 27.6 Å². The number of aromatic amines is 1. The van der Waals surface area contributed by atoms with Gasteiger partial charge in [0.15, 0.2) is 5.69 Å². The third-order valence-electron chi connectivity index (χ3n) is 5.90. The number of nitrogens with zero attached hydrogens (tertiary/aromatic N) is 4. The average Bonchev–Trinajstić information content (AvgIpc) is 3.34. The van der Waals surface area contributed by atoms with Gasteiger partial charge in [-0.15, -0.1) is 0 Å². The van der Waals surface area contributed by atoms with Crippen LogP contribution in [0.15, 0.2) is 58.1 Å². The lowest BCUT2D eigenvalue weighted by molar-refractivity contribution is 0.0497. The van der Waals surface area contributed by atoms with Crippen LogP contribution in [0.4, 0.5) is 0 Å². The van der Waals surface area contributed by atoms with Crippen molar-refractivity contribution in [3.63, 3.8) is 0 Å². The van der Waals surface area contributed by atoms with Crippen LogP contribution in [-0.2, 0) is 18.3 Å². The molecule has 0 spiro atoms. The Labute approximate surface area is 188 Å². The molecule has 9 nitrogen and oxygen atoms in total. The van der Waals surface area contributed by atoms with Gasteiger partial charge < -0.3 is 14.6 Å². The fourth-order valence-corrected chi connectivity index (χ4v) is 4.25. The number of benzene rings is 2. The zero-order chi connectivity index (χ0) is 22.9. The van der Waals surface area contributed by atoms with Gasteiger partial charge in [0, 0.05) is 25.6 Å². The quantitative estimate of drug-likeness (QED) is 0.503. The number of carbonyl (C=O) groups excluding carboxylic acids is 1. The van der Waals surface area contributed by atoms with Crippen LogP contribution in [-0.4, -0.2) is 49.8 Å². The first-order chi connectivity index (χ1) is 16.0. The molecule has 1 amide bonds. The summed E-state index contributed by atoms with van der Waals surface area (Å²) in [6, 6.07) is 14.0. The highest BCUT2D eigenvalue weighted by Gasteiger charge is 2.27. The van der Waals surface area contributed by atoms with E-state index in [1.54, 1.807) is 47.4 Å². The molecule has 1 saturated heterocycles. The molecule has 0 aliphatic carbocycles. The number of aryl methyl sites for hydroxylation is 1. The maximum Gasteiger partial charge on any atom is 0.275 e. The Morgan fingerprint density at radius 2 is 1.85 bits per heavy atom. The molecule has 0 radical (unpaired) electrons. The monoisotopic (exact) mass is 445 g/mol. The van der Waals surface area contributed by atoms with E-state index in [0.29, 0.717) is 40.7 Å². The summed E-state index contributed by atoms with van der Waals surface area (Å²) in [4.78, 5) is 47.7. The van der Waals surface area contributed by atoms with Gasteiger partial charge in [-0.25, -0.2) is 9.67 Å². The van der Waals surface area contributed by atoms with Crippen LogP contribution < -0.4 is 11.1 Å². The molecule has 33 heavy (non-hydrogen) atoms. The number of nitrogens with one attached hydrogen (secondary N) is 1. The van der Waals surface area contributed by atoms with Crippen LogP contribution in [0.5, 0.6) is 0 Å². The lowest BCUT2D eigenvalue weighted by atomic mass is 10.1. The first-order valence-electron chi connectivity index (χ1n) is 10.9. The van der Waals surface area contributed by atoms with Crippen LogP contribution in [0.3, 0.4) is 0 Å². The highest BCUT2D eigenvalue weighted by Crippen LogP contribution is 2.19. The molecule has 1 unspecified atom stereocenters. The molecule has 1 atom stereocenters. The van der Waals surface area contributed by atoms with Crippen LogP contribution in [0, 0.1) is 0 Å². The molecule has 5 rings (SSSR count). The molecule has 2 aromatic carbocycles. The maximum atomic E-state index is 13.7. The largest absolute Gasteiger partial charge is 0.376 e. The van der Waals surface area contributed by atoms with Crippen LogP contribution in [0.2, 0.25) is 0 Å². The molecule has 9 heteroatoms. The summed E-state index contributed by atoms with van der Waals surface area (Å²) >= 11 is 0. The Morgan fingerprint density at radius 3 is 2.61 bits per heavy atom. The van der Waals surface area contributed by atoms with Gasteiger partial charge in [0.2, 0.25) is 0 Å². The van der Waals surface area contributed by atoms with Crippen molar-refractivity contribution in [2.75, 3.05) is 13.2 Å². The Hall–Kier alpha value is -3.85. The minimum Gasteiger partial charge on any atom is -0.376 e. The second-order valence-corrected chi connectivity index (χ2v) is 8.17. The second kappa shape index (κ2) is 8.59. The van der Waals surface area contributed by atoms with E-state index in [1.807, 2.05) is 6.07 Å². The lowest BCUT2D eigenvalue weighted by Crippen LogP contribution is -2.39. The number of aromatic nitrogens is 4. The van der Waals surface area contributed by atoms with Gasteiger partial charge in [0.05, 0.1) is 28.9 Å². The van der Waals surface area contributed by atoms with Crippen molar-refractivity contribution in [3.05, 3.63) is 80.8 Å². The van der Waals surface area contributed by atoms with Crippen molar-refractivity contribution in [1.82, 2.24) is 24.6 Å². The van der Waals surface area contributed by atoms with Crippen molar-refractivity contribution in [3.8, 4) is 0 Å². The molecule has 0 bridgehead atoms. The molecule has 2 aromatic heterocycles. The minimum absolute atomic E-state index is 0.0810. The van der Waals surface area contributed by atoms with Gasteiger partial charge in [0.1, 0.15) is 5.82 Å². The molecule has 3 heterocycles. The van der Waals surface area contributed by atoms with Crippen molar-refractivity contribution < 1.29 is 9.53 Å². The third kappa shape index (κ3) is 4.03. The highest BCUT2D eigenvalue weighted by molar-refractivity contribution is 6.04. The van der Waals surface area contributed by atoms with E-state index in [9.17, 15) is 14.4 Å². The predicted molar refractivity (Wildman–Crippen MR) is 123 cm³/mol. The van der Waals surface area contributed by atoms with Crippen LogP contribution in [0.25, 0.3) is 21.7 Å². The number of rotatable bonds is 5. The normalized spacial score (nSPS) is 15.8. The number of ether oxygens (including phenoxy) is 1. The zero-order valence-corrected chi connectivity index (χ0v) is 18.2. The molecule has 1 aliphatic heterocycles. The number of hydrogen-bond acceptors (Lipinski definition) is 6. The van der Waals surface area contributed by atoms with Gasteiger partial charge in [-0.1, -0.05) is 30.3 Å². The van der Waals surface area contributed by atoms with Crippen LogP contribution in [0.1, 0.15) is 29.2 Å². The second-order valence-electron chi connectivity index (χ2n) is 8.17. The number of carbonyl (C=O) groups is 1. The van der Waals surface area contributed by atoms with Crippen molar-refractivity contribution in [2.24, 2.45) is 7.05 Å². The fourth-order valence-electron chi connectivity index (χ4n) is 4.25. The predicted octanol–water partition coefficient (Wildman–Crippen LogP) is 1.99. The number of amides is 1. The molecule has 4 aromatic rings. The number of hydrogen-bond donors (Lipinski definition) is 1. The molecular weight excluding hydrogens is 422 g/mol. The van der Waals surface area contributed by atoms with Crippen molar-refractivity contribution in [1.29, 1.82) is 0 Å². The topological polar surface area (TPSA) is 110 Å². The third-order valence-corrected chi connectivity index (χ3v) is 5.90. The maximum absolute atomic E-state index is 13.7. The Morgan fingerprint density at radius 1 is 1.12 bits per heavy atom. The van der Waals surface area contributed by atoms with Gasteiger partial charge in [-0.3, -0.25) is 14.4 Å². The molecule has 168 valence electrons. The van der Waals surface area contributed by atoms with E-state index in [-0.39, 0.29) is 35.4 Å². The smallest absolute Gasteiger partial charge is 0.275 e. The summed E-state index contributed by atoms with van der Waals surface area (Å²) in [7, 11) is 1.53. The van der Waals surface area contributed by atoms with E-state index in [2.05, 4.69) is 15.1 Å². The SMILES string of the molecule is Cn1nc(C(=O)N(Cc2nc3ccccc3c(=O)[nH]2)CC2CCCO2)c2ccccc2c1=O. The van der Waals surface area contributed by atoms with E-state index < -0.39 is 0 Å². The Balaban J connectivity index is 1.57. The summed E-state index contributed by atoms with van der Waals surface area (Å²) in [6.45, 7) is 1.06. The first-order valence-corrected chi connectivity index (χ1v) is 10.9. The summed E-state index contributed by atoms with van der Waals surface area (Å²) < 4.78 is 6.95. The fraction of sp³-hybridized carbons (Fsp3) is 0.292. The van der Waals surface area contributed by atoms with Gasteiger partial charge in [-0.2, -0.15) is 5.10 Å². The van der Waals surface area contributed by atoms with E-state index in [1.165, 1.54) is 11.7 Å². The number of H-pyrrole nitrogens is 1. The van der Waals surface area contributed by atoms with E-state index in [0.717, 1.165) is 12.8 Å².